The Morgan fingerprint density at radius 3 is 2.43 bits per heavy atom. The third kappa shape index (κ3) is 11.7. The summed E-state index contributed by atoms with van der Waals surface area (Å²) in [6, 6.07) is 0. The lowest BCUT2D eigenvalue weighted by molar-refractivity contribution is -0.145. The van der Waals surface area contributed by atoms with Crippen molar-refractivity contribution in [1.29, 1.82) is 0 Å². The fourth-order valence-corrected chi connectivity index (χ4v) is 0.891. The highest BCUT2D eigenvalue weighted by atomic mass is 19.4. The minimum atomic E-state index is -4.10. The topological polar surface area (TPSA) is 21.3 Å². The zero-order valence-electron chi connectivity index (χ0n) is 8.49. The Morgan fingerprint density at radius 2 is 1.86 bits per heavy atom. The van der Waals surface area contributed by atoms with Crippen molar-refractivity contribution in [3.63, 3.8) is 0 Å². The number of halogens is 3. The zero-order chi connectivity index (χ0) is 10.9. The van der Waals surface area contributed by atoms with E-state index >= 15 is 0 Å². The van der Waals surface area contributed by atoms with Crippen LogP contribution in [-0.2, 0) is 4.74 Å². The lowest BCUT2D eigenvalue weighted by atomic mass is 10.4. The first-order valence-electron chi connectivity index (χ1n) is 4.91. The maximum atomic E-state index is 11.6. The average molecular weight is 213 g/mol. The summed E-state index contributed by atoms with van der Waals surface area (Å²) in [4.78, 5) is 0. The van der Waals surface area contributed by atoms with Gasteiger partial charge >= 0.3 is 6.18 Å². The summed E-state index contributed by atoms with van der Waals surface area (Å²) in [6.45, 7) is 3.99. The number of rotatable bonds is 8. The smallest absolute Gasteiger partial charge is 0.381 e. The van der Waals surface area contributed by atoms with Crippen molar-refractivity contribution in [3.8, 4) is 0 Å². The molecule has 0 bridgehead atoms. The molecule has 0 aromatic rings. The summed E-state index contributed by atoms with van der Waals surface area (Å²) in [7, 11) is 0. The van der Waals surface area contributed by atoms with E-state index in [-0.39, 0.29) is 6.61 Å². The first kappa shape index (κ1) is 13.7. The Morgan fingerprint density at radius 1 is 1.14 bits per heavy atom. The molecule has 0 amide bonds. The molecule has 0 aromatic carbocycles. The third-order valence-corrected chi connectivity index (χ3v) is 1.60. The summed E-state index contributed by atoms with van der Waals surface area (Å²) in [5.41, 5.74) is 0. The SMILES string of the molecule is CCCNCCCOCCC(F)(F)F. The molecule has 1 N–H and O–H groups in total. The van der Waals surface area contributed by atoms with Gasteiger partial charge in [0.25, 0.3) is 0 Å². The summed E-state index contributed by atoms with van der Waals surface area (Å²) in [5, 5.41) is 3.14. The molecule has 0 aliphatic heterocycles. The van der Waals surface area contributed by atoms with Crippen LogP contribution in [0.15, 0.2) is 0 Å². The Labute approximate surface area is 82.8 Å². The van der Waals surface area contributed by atoms with Crippen LogP contribution >= 0.6 is 0 Å². The fraction of sp³-hybridized carbons (Fsp3) is 1.00. The Kier molecular flexibility index (Phi) is 7.89. The molecule has 0 aliphatic carbocycles. The van der Waals surface area contributed by atoms with Crippen LogP contribution in [0.3, 0.4) is 0 Å². The molecule has 0 rings (SSSR count). The highest BCUT2D eigenvalue weighted by Crippen LogP contribution is 2.18. The van der Waals surface area contributed by atoms with Gasteiger partial charge in [0.2, 0.25) is 0 Å². The molecule has 0 aromatic heterocycles. The largest absolute Gasteiger partial charge is 0.391 e. The van der Waals surface area contributed by atoms with Crippen LogP contribution in [0.4, 0.5) is 13.2 Å². The van der Waals surface area contributed by atoms with E-state index in [1.54, 1.807) is 0 Å². The second kappa shape index (κ2) is 8.05. The molecule has 0 unspecified atom stereocenters. The molecule has 0 atom stereocenters. The highest BCUT2D eigenvalue weighted by molar-refractivity contribution is 4.49. The average Bonchev–Trinajstić information content (AvgIpc) is 2.08. The molecule has 0 spiro atoms. The maximum Gasteiger partial charge on any atom is 0.391 e. The van der Waals surface area contributed by atoms with Gasteiger partial charge in [-0.3, -0.25) is 0 Å². The van der Waals surface area contributed by atoms with Crippen molar-refractivity contribution in [2.45, 2.75) is 32.4 Å². The van der Waals surface area contributed by atoms with Crippen molar-refractivity contribution in [1.82, 2.24) is 5.32 Å². The van der Waals surface area contributed by atoms with Gasteiger partial charge < -0.3 is 10.1 Å². The second-order valence-corrected chi connectivity index (χ2v) is 3.08. The summed E-state index contributed by atoms with van der Waals surface area (Å²) < 4.78 is 39.7. The van der Waals surface area contributed by atoms with E-state index in [2.05, 4.69) is 12.2 Å². The van der Waals surface area contributed by atoms with Gasteiger partial charge in [-0.15, -0.1) is 0 Å². The third-order valence-electron chi connectivity index (χ3n) is 1.60. The van der Waals surface area contributed by atoms with E-state index in [4.69, 9.17) is 4.74 Å². The van der Waals surface area contributed by atoms with Gasteiger partial charge in [0, 0.05) is 6.61 Å². The summed E-state index contributed by atoms with van der Waals surface area (Å²) in [6.07, 6.45) is -3.12. The number of hydrogen-bond donors (Lipinski definition) is 1. The molecule has 86 valence electrons. The van der Waals surface area contributed by atoms with Crippen LogP contribution in [0, 0.1) is 0 Å². The van der Waals surface area contributed by atoms with Gasteiger partial charge in [0.05, 0.1) is 13.0 Å². The Bertz CT molecular complexity index is 128. The van der Waals surface area contributed by atoms with Crippen LogP contribution in [-0.4, -0.2) is 32.5 Å². The number of ether oxygens (including phenoxy) is 1. The van der Waals surface area contributed by atoms with Crippen molar-refractivity contribution in [2.75, 3.05) is 26.3 Å². The van der Waals surface area contributed by atoms with Crippen LogP contribution < -0.4 is 5.32 Å². The lowest BCUT2D eigenvalue weighted by Gasteiger charge is -2.07. The zero-order valence-corrected chi connectivity index (χ0v) is 8.49. The molecule has 0 saturated heterocycles. The van der Waals surface area contributed by atoms with Crippen LogP contribution in [0.2, 0.25) is 0 Å². The molecular weight excluding hydrogens is 195 g/mol. The predicted octanol–water partition coefficient (Wildman–Crippen LogP) is 2.35. The molecule has 5 heteroatoms. The van der Waals surface area contributed by atoms with E-state index in [1.165, 1.54) is 0 Å². The number of alkyl halides is 3. The molecular formula is C9H18F3NO. The van der Waals surface area contributed by atoms with Gasteiger partial charge in [-0.2, -0.15) is 13.2 Å². The minimum absolute atomic E-state index is 0.225. The van der Waals surface area contributed by atoms with E-state index in [1.807, 2.05) is 0 Å². The van der Waals surface area contributed by atoms with Gasteiger partial charge in [0.1, 0.15) is 0 Å². The first-order valence-corrected chi connectivity index (χ1v) is 4.91. The Balaban J connectivity index is 2.99. The monoisotopic (exact) mass is 213 g/mol. The molecule has 2 nitrogen and oxygen atoms in total. The van der Waals surface area contributed by atoms with Gasteiger partial charge in [-0.1, -0.05) is 6.92 Å². The summed E-state index contributed by atoms with van der Waals surface area (Å²) in [5.74, 6) is 0. The molecule has 0 heterocycles. The van der Waals surface area contributed by atoms with E-state index in [0.717, 1.165) is 25.9 Å². The van der Waals surface area contributed by atoms with E-state index < -0.39 is 12.6 Å². The number of nitrogens with one attached hydrogen (secondary N) is 1. The maximum absolute atomic E-state index is 11.6. The lowest BCUT2D eigenvalue weighted by Crippen LogP contribution is -2.18. The second-order valence-electron chi connectivity index (χ2n) is 3.08. The Hall–Kier alpha value is -0.290. The molecule has 14 heavy (non-hydrogen) atoms. The van der Waals surface area contributed by atoms with Crippen molar-refractivity contribution < 1.29 is 17.9 Å². The van der Waals surface area contributed by atoms with Gasteiger partial charge in [0.15, 0.2) is 0 Å². The number of hydrogen-bond acceptors (Lipinski definition) is 2. The van der Waals surface area contributed by atoms with Gasteiger partial charge in [-0.05, 0) is 25.9 Å². The minimum Gasteiger partial charge on any atom is -0.381 e. The van der Waals surface area contributed by atoms with E-state index in [0.29, 0.717) is 6.61 Å². The first-order chi connectivity index (χ1) is 6.56. The van der Waals surface area contributed by atoms with Gasteiger partial charge in [-0.25, -0.2) is 0 Å². The summed E-state index contributed by atoms with van der Waals surface area (Å²) >= 11 is 0. The van der Waals surface area contributed by atoms with E-state index in [9.17, 15) is 13.2 Å². The normalized spacial score (nSPS) is 12.0. The van der Waals surface area contributed by atoms with Crippen LogP contribution in [0.25, 0.3) is 0 Å². The predicted molar refractivity (Wildman–Crippen MR) is 49.3 cm³/mol. The van der Waals surface area contributed by atoms with Crippen molar-refractivity contribution in [3.05, 3.63) is 0 Å². The molecule has 0 fully saturated rings. The molecule has 0 radical (unpaired) electrons. The fourth-order valence-electron chi connectivity index (χ4n) is 0.891. The molecule has 0 aliphatic rings. The standard InChI is InChI=1S/C9H18F3NO/c1-2-5-13-6-3-7-14-8-4-9(10,11)12/h13H,2-8H2,1H3. The highest BCUT2D eigenvalue weighted by Gasteiger charge is 2.26. The van der Waals surface area contributed by atoms with Crippen LogP contribution in [0.5, 0.6) is 0 Å². The van der Waals surface area contributed by atoms with Crippen molar-refractivity contribution in [2.24, 2.45) is 0 Å². The van der Waals surface area contributed by atoms with Crippen LogP contribution in [0.1, 0.15) is 26.2 Å². The van der Waals surface area contributed by atoms with Crippen molar-refractivity contribution >= 4 is 0 Å². The quantitative estimate of drug-likeness (QED) is 0.625. The molecule has 0 saturated carbocycles.